The number of hydrogen-bond acceptors (Lipinski definition) is 7. The largest absolute Gasteiger partial charge is 0.490 e. The highest BCUT2D eigenvalue weighted by Gasteiger charge is 2.39. The number of rotatable bonds is 6. The number of hydrogen-bond donors (Lipinski definition) is 4. The van der Waals surface area contributed by atoms with Gasteiger partial charge in [0.1, 0.15) is 0 Å². The van der Waals surface area contributed by atoms with Gasteiger partial charge in [-0.25, -0.2) is 18.0 Å². The predicted octanol–water partition coefficient (Wildman–Crippen LogP) is 3.26. The van der Waals surface area contributed by atoms with Crippen LogP contribution in [0.15, 0.2) is 65.8 Å². The average molecular weight is 667 g/mol. The molecule has 11 nitrogen and oxygen atoms in total. The molecule has 1 aromatic heterocycles. The summed E-state index contributed by atoms with van der Waals surface area (Å²) >= 11 is 0. The highest BCUT2D eigenvalue weighted by molar-refractivity contribution is 7.89. The second-order valence-corrected chi connectivity index (χ2v) is 11.5. The van der Waals surface area contributed by atoms with E-state index in [0.29, 0.717) is 24.8 Å². The number of nitrogens with zero attached hydrogens (tertiary/aromatic N) is 2. The molecule has 3 aromatic rings. The zero-order valence-corrected chi connectivity index (χ0v) is 24.2. The minimum absolute atomic E-state index is 0.224. The number of carbonyl (C=O) groups is 3. The number of benzene rings is 2. The maximum Gasteiger partial charge on any atom is 0.490 e. The molecule has 5 N–H and O–H groups in total. The number of carbonyl (C=O) groups excluding carboxylic acids is 1. The van der Waals surface area contributed by atoms with Gasteiger partial charge in [0.2, 0.25) is 15.9 Å². The van der Waals surface area contributed by atoms with E-state index in [1.54, 1.807) is 24.5 Å². The Morgan fingerprint density at radius 1 is 0.956 bits per heavy atom. The van der Waals surface area contributed by atoms with Crippen LogP contribution in [0.1, 0.15) is 17.5 Å². The first-order chi connectivity index (χ1) is 20.7. The van der Waals surface area contributed by atoms with E-state index in [0.717, 1.165) is 16.5 Å². The quantitative estimate of drug-likeness (QED) is 0.287. The van der Waals surface area contributed by atoms with Gasteiger partial charge in [0.25, 0.3) is 0 Å². The maximum atomic E-state index is 13.3. The summed E-state index contributed by atoms with van der Waals surface area (Å²) in [6.07, 6.45) is -5.87. The first-order valence-electron chi connectivity index (χ1n) is 12.8. The summed E-state index contributed by atoms with van der Waals surface area (Å²) in [5.41, 5.74) is 7.98. The Labute approximate surface area is 252 Å². The number of aromatic nitrogens is 1. The van der Waals surface area contributed by atoms with E-state index in [2.05, 4.69) is 10.3 Å². The number of aryl methyl sites for hydroxylation is 1. The molecule has 2 heterocycles. The lowest BCUT2D eigenvalue weighted by Gasteiger charge is -2.19. The van der Waals surface area contributed by atoms with E-state index < -0.39 is 40.4 Å². The van der Waals surface area contributed by atoms with E-state index in [1.807, 2.05) is 43.3 Å². The fourth-order valence-corrected chi connectivity index (χ4v) is 5.70. The van der Waals surface area contributed by atoms with E-state index in [-0.39, 0.29) is 23.4 Å². The number of carboxylic acids is 2. The molecule has 18 heteroatoms. The van der Waals surface area contributed by atoms with Gasteiger partial charge in [-0.1, -0.05) is 42.5 Å². The fourth-order valence-electron chi connectivity index (χ4n) is 4.01. The van der Waals surface area contributed by atoms with Gasteiger partial charge in [0.05, 0.1) is 10.9 Å². The molecule has 1 amide bonds. The van der Waals surface area contributed by atoms with Gasteiger partial charge in [-0.15, -0.1) is 0 Å². The standard InChI is InChI=1S/C23H26N4O3S.2C2HF3O2/c1-16-13-25-14-20-19(16)8-5-9-22(20)31(29,30)27-11-10-18(15-27)26-23(28)21(24)12-17-6-3-2-4-7-17;2*3-2(4,5)1(6)7/h2-9,13-14,18,21H,10-12,15,24H2,1H3,(H,26,28);2*(H,6,7)/t18-,21-;;/m0../s1. The van der Waals surface area contributed by atoms with Crippen molar-refractivity contribution in [3.8, 4) is 0 Å². The Bertz CT molecular complexity index is 1580. The zero-order chi connectivity index (χ0) is 34.2. The van der Waals surface area contributed by atoms with Crippen LogP contribution < -0.4 is 11.1 Å². The van der Waals surface area contributed by atoms with E-state index in [4.69, 9.17) is 25.5 Å². The molecular formula is C27H28F6N4O7S. The summed E-state index contributed by atoms with van der Waals surface area (Å²) in [4.78, 5) is 34.7. The third-order valence-electron chi connectivity index (χ3n) is 6.20. The third-order valence-corrected chi connectivity index (χ3v) is 8.12. The van der Waals surface area contributed by atoms with Crippen LogP contribution in [0.2, 0.25) is 0 Å². The highest BCUT2D eigenvalue weighted by atomic mass is 32.2. The van der Waals surface area contributed by atoms with Crippen LogP contribution in [0.4, 0.5) is 26.3 Å². The summed E-state index contributed by atoms with van der Waals surface area (Å²) < 4.78 is 91.6. The van der Waals surface area contributed by atoms with Crippen LogP contribution in [0, 0.1) is 6.92 Å². The number of amides is 1. The number of sulfonamides is 1. The third kappa shape index (κ3) is 10.7. The van der Waals surface area contributed by atoms with Crippen molar-refractivity contribution in [3.05, 3.63) is 72.1 Å². The molecule has 0 saturated carbocycles. The number of fused-ring (bicyclic) bond motifs is 1. The van der Waals surface area contributed by atoms with Gasteiger partial charge < -0.3 is 21.3 Å². The van der Waals surface area contributed by atoms with Crippen molar-refractivity contribution in [1.29, 1.82) is 0 Å². The summed E-state index contributed by atoms with van der Waals surface area (Å²) in [7, 11) is -3.71. The van der Waals surface area contributed by atoms with Crippen LogP contribution >= 0.6 is 0 Å². The van der Waals surface area contributed by atoms with Crippen LogP contribution in [-0.2, 0) is 30.8 Å². The molecule has 2 atom stereocenters. The van der Waals surface area contributed by atoms with Crippen molar-refractivity contribution in [2.24, 2.45) is 5.73 Å². The van der Waals surface area contributed by atoms with Crippen LogP contribution in [0.3, 0.4) is 0 Å². The lowest BCUT2D eigenvalue weighted by molar-refractivity contribution is -0.193. The van der Waals surface area contributed by atoms with E-state index in [1.165, 1.54) is 4.31 Å². The Hall–Kier alpha value is -4.29. The molecule has 0 bridgehead atoms. The molecule has 1 aliphatic heterocycles. The van der Waals surface area contributed by atoms with Gasteiger partial charge in [-0.2, -0.15) is 30.6 Å². The highest BCUT2D eigenvalue weighted by Crippen LogP contribution is 2.29. The first kappa shape index (κ1) is 36.9. The Balaban J connectivity index is 0.000000421. The molecule has 0 unspecified atom stereocenters. The minimum Gasteiger partial charge on any atom is -0.475 e. The van der Waals surface area contributed by atoms with Crippen LogP contribution in [0.25, 0.3) is 10.8 Å². The second kappa shape index (κ2) is 15.1. The van der Waals surface area contributed by atoms with Crippen molar-refractivity contribution in [2.45, 2.75) is 49.1 Å². The molecule has 45 heavy (non-hydrogen) atoms. The van der Waals surface area contributed by atoms with Gasteiger partial charge >= 0.3 is 24.3 Å². The molecule has 1 fully saturated rings. The molecule has 0 spiro atoms. The lowest BCUT2D eigenvalue weighted by atomic mass is 10.1. The molecule has 0 radical (unpaired) electrons. The molecule has 1 aliphatic rings. The average Bonchev–Trinajstić information content (AvgIpc) is 3.42. The minimum atomic E-state index is -5.08. The van der Waals surface area contributed by atoms with Crippen molar-refractivity contribution in [2.75, 3.05) is 13.1 Å². The number of nitrogens with two attached hydrogens (primary N) is 1. The zero-order valence-electron chi connectivity index (χ0n) is 23.3. The number of aliphatic carboxylic acids is 2. The predicted molar refractivity (Wildman–Crippen MR) is 147 cm³/mol. The molecule has 2 aromatic carbocycles. The molecule has 1 saturated heterocycles. The van der Waals surface area contributed by atoms with Gasteiger partial charge in [0.15, 0.2) is 0 Å². The SMILES string of the molecule is Cc1cncc2c(S(=O)(=O)N3CC[C@H](NC(=O)[C@@H](N)Cc4ccccc4)C3)cccc12.O=C(O)C(F)(F)F.O=C(O)C(F)(F)F. The number of pyridine rings is 1. The van der Waals surface area contributed by atoms with Crippen molar-refractivity contribution >= 4 is 38.6 Å². The molecule has 246 valence electrons. The summed E-state index contributed by atoms with van der Waals surface area (Å²) in [5, 5.41) is 18.6. The van der Waals surface area contributed by atoms with Crippen LogP contribution in [0.5, 0.6) is 0 Å². The van der Waals surface area contributed by atoms with Crippen LogP contribution in [-0.4, -0.2) is 83.3 Å². The van der Waals surface area contributed by atoms with E-state index in [9.17, 15) is 39.6 Å². The number of halogens is 6. The van der Waals surface area contributed by atoms with Crippen molar-refractivity contribution < 1.29 is 59.4 Å². The molecule has 4 rings (SSSR count). The summed E-state index contributed by atoms with van der Waals surface area (Å²) in [6, 6.07) is 13.9. The maximum absolute atomic E-state index is 13.3. The fraction of sp³-hybridized carbons (Fsp3) is 0.333. The summed E-state index contributed by atoms with van der Waals surface area (Å²) in [5.74, 6) is -5.78. The Morgan fingerprint density at radius 2 is 1.51 bits per heavy atom. The number of alkyl halides is 6. The Morgan fingerprint density at radius 3 is 2.04 bits per heavy atom. The van der Waals surface area contributed by atoms with E-state index >= 15 is 0 Å². The van der Waals surface area contributed by atoms with Crippen molar-refractivity contribution in [3.63, 3.8) is 0 Å². The smallest absolute Gasteiger partial charge is 0.475 e. The van der Waals surface area contributed by atoms with Gasteiger partial charge in [-0.3, -0.25) is 9.78 Å². The number of carboxylic acid groups (broad SMARTS) is 2. The monoisotopic (exact) mass is 666 g/mol. The molecule has 0 aliphatic carbocycles. The first-order valence-corrected chi connectivity index (χ1v) is 14.2. The van der Waals surface area contributed by atoms with Crippen molar-refractivity contribution in [1.82, 2.24) is 14.6 Å². The normalized spacial score (nSPS) is 16.0. The lowest BCUT2D eigenvalue weighted by Crippen LogP contribution is -2.47. The Kier molecular flexibility index (Phi) is 12.4. The topological polar surface area (TPSA) is 180 Å². The number of nitrogens with one attached hydrogen (secondary N) is 1. The summed E-state index contributed by atoms with van der Waals surface area (Å²) in [6.45, 7) is 2.48. The molecular weight excluding hydrogens is 638 g/mol. The van der Waals surface area contributed by atoms with Gasteiger partial charge in [0, 0.05) is 36.9 Å². The van der Waals surface area contributed by atoms with Gasteiger partial charge in [-0.05, 0) is 42.3 Å². The second-order valence-electron chi connectivity index (χ2n) is 9.57.